The lowest BCUT2D eigenvalue weighted by atomic mass is 9.92. The number of aryl methyl sites for hydroxylation is 1. The molecular formula is C11H15ClFNO. The zero-order chi connectivity index (χ0) is 11.8. The van der Waals surface area contributed by atoms with Gasteiger partial charge in [0.05, 0.1) is 12.1 Å². The lowest BCUT2D eigenvalue weighted by molar-refractivity contribution is 0.389. The number of nitrogens with two attached hydrogens (primary N) is 1. The maximum atomic E-state index is 13.4. The van der Waals surface area contributed by atoms with Gasteiger partial charge in [-0.1, -0.05) is 11.6 Å². The first-order chi connectivity index (χ1) is 6.79. The van der Waals surface area contributed by atoms with Crippen LogP contribution < -0.4 is 10.5 Å². The fourth-order valence-corrected chi connectivity index (χ4v) is 1.96. The Morgan fingerprint density at radius 3 is 2.40 bits per heavy atom. The lowest BCUT2D eigenvalue weighted by Crippen LogP contribution is -2.30. The molecule has 0 unspecified atom stereocenters. The highest BCUT2D eigenvalue weighted by Gasteiger charge is 2.26. The number of hydrogen-bond donors (Lipinski definition) is 1. The number of halogens is 2. The van der Waals surface area contributed by atoms with Crippen LogP contribution in [0.5, 0.6) is 5.75 Å². The summed E-state index contributed by atoms with van der Waals surface area (Å²) < 4.78 is 18.7. The highest BCUT2D eigenvalue weighted by molar-refractivity contribution is 6.31. The van der Waals surface area contributed by atoms with Crippen molar-refractivity contribution in [2.24, 2.45) is 5.73 Å². The molecule has 0 radical (unpaired) electrons. The van der Waals surface area contributed by atoms with Gasteiger partial charge in [-0.2, -0.15) is 0 Å². The van der Waals surface area contributed by atoms with Crippen molar-refractivity contribution in [3.8, 4) is 5.75 Å². The number of rotatable bonds is 2. The van der Waals surface area contributed by atoms with Crippen molar-refractivity contribution < 1.29 is 9.13 Å². The van der Waals surface area contributed by atoms with Gasteiger partial charge in [-0.3, -0.25) is 0 Å². The van der Waals surface area contributed by atoms with Crippen LogP contribution in [0.15, 0.2) is 6.07 Å². The predicted octanol–water partition coefficient (Wildman–Crippen LogP) is 2.99. The normalized spacial score (nSPS) is 11.7. The third kappa shape index (κ3) is 2.24. The average Bonchev–Trinajstić information content (AvgIpc) is 2.08. The largest absolute Gasteiger partial charge is 0.496 e. The Hall–Kier alpha value is -0.800. The third-order valence-corrected chi connectivity index (χ3v) is 2.58. The maximum Gasteiger partial charge on any atom is 0.142 e. The highest BCUT2D eigenvalue weighted by atomic mass is 35.5. The van der Waals surface area contributed by atoms with Gasteiger partial charge in [0.25, 0.3) is 0 Å². The van der Waals surface area contributed by atoms with Crippen molar-refractivity contribution in [1.29, 1.82) is 0 Å². The Bertz CT molecular complexity index is 385. The molecule has 0 saturated heterocycles. The Labute approximate surface area is 94.2 Å². The standard InChI is InChI=1S/C11H15ClFNO/c1-6-5-7(13)9(12)8(10(6)15-4)11(2,3)14/h5H,14H2,1-4H3. The molecular weight excluding hydrogens is 217 g/mol. The molecule has 1 aromatic rings. The Morgan fingerprint density at radius 1 is 1.47 bits per heavy atom. The van der Waals surface area contributed by atoms with Crippen LogP contribution in [0, 0.1) is 12.7 Å². The first kappa shape index (κ1) is 12.3. The van der Waals surface area contributed by atoms with Crippen LogP contribution in [0.25, 0.3) is 0 Å². The van der Waals surface area contributed by atoms with Gasteiger partial charge >= 0.3 is 0 Å². The topological polar surface area (TPSA) is 35.2 Å². The number of benzene rings is 1. The van der Waals surface area contributed by atoms with Crippen molar-refractivity contribution >= 4 is 11.6 Å². The second kappa shape index (κ2) is 3.99. The summed E-state index contributed by atoms with van der Waals surface area (Å²) in [5, 5.41) is 0.0324. The van der Waals surface area contributed by atoms with Crippen LogP contribution in [0.1, 0.15) is 25.0 Å². The molecule has 1 aromatic carbocycles. The van der Waals surface area contributed by atoms with Gasteiger partial charge in [0.15, 0.2) is 0 Å². The van der Waals surface area contributed by atoms with E-state index in [0.29, 0.717) is 16.9 Å². The van der Waals surface area contributed by atoms with Crippen LogP contribution in [0.2, 0.25) is 5.02 Å². The quantitative estimate of drug-likeness (QED) is 0.849. The molecule has 0 aliphatic carbocycles. The van der Waals surface area contributed by atoms with Gasteiger partial charge in [0.2, 0.25) is 0 Å². The molecule has 0 saturated carbocycles. The maximum absolute atomic E-state index is 13.4. The van der Waals surface area contributed by atoms with Crippen LogP contribution >= 0.6 is 11.6 Å². The molecule has 2 N–H and O–H groups in total. The van der Waals surface area contributed by atoms with E-state index < -0.39 is 11.4 Å². The molecule has 4 heteroatoms. The number of hydrogen-bond acceptors (Lipinski definition) is 2. The Morgan fingerprint density at radius 2 is 2.00 bits per heavy atom. The summed E-state index contributed by atoms with van der Waals surface area (Å²) in [4.78, 5) is 0. The smallest absolute Gasteiger partial charge is 0.142 e. The summed E-state index contributed by atoms with van der Waals surface area (Å²) in [5.74, 6) is 0.0809. The van der Waals surface area contributed by atoms with Gasteiger partial charge in [-0.15, -0.1) is 0 Å². The molecule has 0 fully saturated rings. The zero-order valence-corrected chi connectivity index (χ0v) is 10.1. The summed E-state index contributed by atoms with van der Waals surface area (Å²) in [6, 6.07) is 1.34. The van der Waals surface area contributed by atoms with Crippen LogP contribution in [0.4, 0.5) is 4.39 Å². The van der Waals surface area contributed by atoms with Crippen molar-refractivity contribution in [3.63, 3.8) is 0 Å². The van der Waals surface area contributed by atoms with E-state index >= 15 is 0 Å². The fourth-order valence-electron chi connectivity index (χ4n) is 1.57. The molecule has 0 aromatic heterocycles. The number of ether oxygens (including phenoxy) is 1. The predicted molar refractivity (Wildman–Crippen MR) is 59.9 cm³/mol. The first-order valence-corrected chi connectivity index (χ1v) is 4.98. The number of methoxy groups -OCH3 is 1. The molecule has 15 heavy (non-hydrogen) atoms. The van der Waals surface area contributed by atoms with Crippen molar-refractivity contribution in [2.75, 3.05) is 7.11 Å². The van der Waals surface area contributed by atoms with Crippen LogP contribution in [0.3, 0.4) is 0 Å². The van der Waals surface area contributed by atoms with E-state index in [1.165, 1.54) is 13.2 Å². The second-order valence-electron chi connectivity index (χ2n) is 4.12. The summed E-state index contributed by atoms with van der Waals surface area (Å²) in [7, 11) is 1.52. The molecule has 2 nitrogen and oxygen atoms in total. The molecule has 84 valence electrons. The minimum absolute atomic E-state index is 0.0324. The fraction of sp³-hybridized carbons (Fsp3) is 0.455. The van der Waals surface area contributed by atoms with Gasteiger partial charge in [-0.05, 0) is 32.4 Å². The van der Waals surface area contributed by atoms with E-state index in [4.69, 9.17) is 22.1 Å². The molecule has 0 spiro atoms. The molecule has 0 aliphatic rings. The van der Waals surface area contributed by atoms with Crippen LogP contribution in [-0.4, -0.2) is 7.11 Å². The van der Waals surface area contributed by atoms with Crippen molar-refractivity contribution in [3.05, 3.63) is 28.0 Å². The lowest BCUT2D eigenvalue weighted by Gasteiger charge is -2.24. The van der Waals surface area contributed by atoms with Crippen LogP contribution in [-0.2, 0) is 5.54 Å². The van der Waals surface area contributed by atoms with E-state index in [1.54, 1.807) is 20.8 Å². The average molecular weight is 232 g/mol. The van der Waals surface area contributed by atoms with E-state index in [2.05, 4.69) is 0 Å². The van der Waals surface area contributed by atoms with Gasteiger partial charge in [-0.25, -0.2) is 4.39 Å². The summed E-state index contributed by atoms with van der Waals surface area (Å²) in [5.41, 5.74) is 6.39. The molecule has 0 bridgehead atoms. The van der Waals surface area contributed by atoms with Crippen molar-refractivity contribution in [1.82, 2.24) is 0 Å². The Balaban J connectivity index is 3.59. The van der Waals surface area contributed by atoms with E-state index in [9.17, 15) is 4.39 Å². The van der Waals surface area contributed by atoms with Gasteiger partial charge in [0.1, 0.15) is 11.6 Å². The van der Waals surface area contributed by atoms with Crippen molar-refractivity contribution in [2.45, 2.75) is 26.3 Å². The highest BCUT2D eigenvalue weighted by Crippen LogP contribution is 2.38. The molecule has 0 amide bonds. The molecule has 0 aliphatic heterocycles. The second-order valence-corrected chi connectivity index (χ2v) is 4.50. The Kier molecular flexibility index (Phi) is 3.26. The summed E-state index contributed by atoms with van der Waals surface area (Å²) >= 11 is 5.90. The zero-order valence-electron chi connectivity index (χ0n) is 9.32. The first-order valence-electron chi connectivity index (χ1n) is 4.61. The molecule has 0 atom stereocenters. The van der Waals surface area contributed by atoms with E-state index in [0.717, 1.165) is 0 Å². The molecule has 0 heterocycles. The third-order valence-electron chi connectivity index (χ3n) is 2.21. The minimum Gasteiger partial charge on any atom is -0.496 e. The van der Waals surface area contributed by atoms with Gasteiger partial charge < -0.3 is 10.5 Å². The van der Waals surface area contributed by atoms with E-state index in [1.807, 2.05) is 0 Å². The van der Waals surface area contributed by atoms with E-state index in [-0.39, 0.29) is 5.02 Å². The summed E-state index contributed by atoms with van der Waals surface area (Å²) in [6.45, 7) is 5.28. The molecule has 1 rings (SSSR count). The SMILES string of the molecule is COc1c(C)cc(F)c(Cl)c1C(C)(C)N. The monoisotopic (exact) mass is 231 g/mol. The minimum atomic E-state index is -0.741. The summed E-state index contributed by atoms with van der Waals surface area (Å²) in [6.07, 6.45) is 0. The van der Waals surface area contributed by atoms with Gasteiger partial charge in [0, 0.05) is 11.1 Å².